The Morgan fingerprint density at radius 2 is 1.83 bits per heavy atom. The number of amides is 1. The lowest BCUT2D eigenvalue weighted by molar-refractivity contribution is 0.0436. The SMILES string of the molecule is CCCCN(C(=O)c1cn(-c2ccc(OC)cc2)nn1)C1CC(C)(C)NC(C)(C)C1. The van der Waals surface area contributed by atoms with Crippen molar-refractivity contribution < 1.29 is 9.53 Å². The van der Waals surface area contributed by atoms with E-state index in [4.69, 9.17) is 4.74 Å². The lowest BCUT2D eigenvalue weighted by atomic mass is 9.79. The number of nitrogens with one attached hydrogen (secondary N) is 1. The number of rotatable bonds is 7. The molecule has 1 fully saturated rings. The van der Waals surface area contributed by atoms with Gasteiger partial charge in [-0.15, -0.1) is 5.10 Å². The van der Waals surface area contributed by atoms with Gasteiger partial charge in [-0.25, -0.2) is 4.68 Å². The monoisotopic (exact) mass is 413 g/mol. The van der Waals surface area contributed by atoms with Gasteiger partial charge in [0.25, 0.3) is 5.91 Å². The van der Waals surface area contributed by atoms with Crippen molar-refractivity contribution in [3.63, 3.8) is 0 Å². The molecule has 2 aromatic rings. The number of unbranched alkanes of at least 4 members (excludes halogenated alkanes) is 1. The molecule has 0 aliphatic carbocycles. The van der Waals surface area contributed by atoms with E-state index in [1.807, 2.05) is 29.2 Å². The van der Waals surface area contributed by atoms with Gasteiger partial charge >= 0.3 is 0 Å². The molecule has 0 radical (unpaired) electrons. The summed E-state index contributed by atoms with van der Waals surface area (Å²) in [7, 11) is 1.63. The maximum Gasteiger partial charge on any atom is 0.276 e. The number of aromatic nitrogens is 3. The smallest absolute Gasteiger partial charge is 0.276 e. The third kappa shape index (κ3) is 5.19. The average Bonchev–Trinajstić information content (AvgIpc) is 3.16. The highest BCUT2D eigenvalue weighted by Gasteiger charge is 2.41. The minimum absolute atomic E-state index is 0.0299. The van der Waals surface area contributed by atoms with Crippen LogP contribution in [0, 0.1) is 0 Å². The van der Waals surface area contributed by atoms with Crippen LogP contribution in [0.4, 0.5) is 0 Å². The van der Waals surface area contributed by atoms with Crippen molar-refractivity contribution >= 4 is 5.91 Å². The van der Waals surface area contributed by atoms with E-state index in [0.29, 0.717) is 5.69 Å². The first kappa shape index (κ1) is 22.3. The molecule has 7 heteroatoms. The molecule has 1 aromatic carbocycles. The third-order valence-electron chi connectivity index (χ3n) is 5.67. The zero-order chi connectivity index (χ0) is 21.9. The number of hydrogen-bond donors (Lipinski definition) is 1. The van der Waals surface area contributed by atoms with Gasteiger partial charge in [0.15, 0.2) is 5.69 Å². The fraction of sp³-hybridized carbons (Fsp3) is 0.609. The molecule has 2 heterocycles. The highest BCUT2D eigenvalue weighted by atomic mass is 16.5. The van der Waals surface area contributed by atoms with Crippen LogP contribution < -0.4 is 10.1 Å². The first-order valence-corrected chi connectivity index (χ1v) is 10.8. The summed E-state index contributed by atoms with van der Waals surface area (Å²) in [6, 6.07) is 7.70. The number of carbonyl (C=O) groups is 1. The van der Waals surface area contributed by atoms with Crippen molar-refractivity contribution in [2.75, 3.05) is 13.7 Å². The molecule has 164 valence electrons. The van der Waals surface area contributed by atoms with Gasteiger partial charge in [-0.1, -0.05) is 18.6 Å². The van der Waals surface area contributed by atoms with Crippen molar-refractivity contribution in [3.05, 3.63) is 36.2 Å². The van der Waals surface area contributed by atoms with Gasteiger partial charge in [-0.05, 0) is 71.2 Å². The number of piperidine rings is 1. The zero-order valence-electron chi connectivity index (χ0n) is 19.1. The van der Waals surface area contributed by atoms with Gasteiger partial charge in [-0.2, -0.15) is 0 Å². The summed E-state index contributed by atoms with van der Waals surface area (Å²) in [5.74, 6) is 0.735. The van der Waals surface area contributed by atoms with Crippen LogP contribution in [0.25, 0.3) is 5.69 Å². The van der Waals surface area contributed by atoms with E-state index in [1.54, 1.807) is 18.0 Å². The van der Waals surface area contributed by atoms with Crippen LogP contribution in [0.3, 0.4) is 0 Å². The number of hydrogen-bond acceptors (Lipinski definition) is 5. The maximum absolute atomic E-state index is 13.5. The number of methoxy groups -OCH3 is 1. The molecule has 0 unspecified atom stereocenters. The Bertz CT molecular complexity index is 841. The van der Waals surface area contributed by atoms with Crippen molar-refractivity contribution in [3.8, 4) is 11.4 Å². The molecular formula is C23H35N5O2. The summed E-state index contributed by atoms with van der Waals surface area (Å²) in [4.78, 5) is 15.5. The molecule has 1 N–H and O–H groups in total. The van der Waals surface area contributed by atoms with Gasteiger partial charge in [0.1, 0.15) is 5.75 Å². The Morgan fingerprint density at radius 1 is 1.20 bits per heavy atom. The van der Waals surface area contributed by atoms with E-state index in [9.17, 15) is 4.79 Å². The normalized spacial score (nSPS) is 18.2. The topological polar surface area (TPSA) is 72.3 Å². The highest BCUT2D eigenvalue weighted by molar-refractivity contribution is 5.92. The van der Waals surface area contributed by atoms with Crippen LogP contribution >= 0.6 is 0 Å². The lowest BCUT2D eigenvalue weighted by Crippen LogP contribution is -2.63. The molecule has 1 amide bonds. The molecular weight excluding hydrogens is 378 g/mol. The first-order chi connectivity index (χ1) is 14.1. The van der Waals surface area contributed by atoms with Crippen LogP contribution in [-0.2, 0) is 0 Å². The van der Waals surface area contributed by atoms with Crippen molar-refractivity contribution in [2.45, 2.75) is 77.4 Å². The molecule has 1 aromatic heterocycles. The van der Waals surface area contributed by atoms with Crippen molar-refractivity contribution in [1.82, 2.24) is 25.2 Å². The molecule has 30 heavy (non-hydrogen) atoms. The second-order valence-electron chi connectivity index (χ2n) is 9.55. The predicted octanol–water partition coefficient (Wildman–Crippen LogP) is 3.83. The summed E-state index contributed by atoms with van der Waals surface area (Å²) in [5.41, 5.74) is 1.16. The Kier molecular flexibility index (Phi) is 6.50. The summed E-state index contributed by atoms with van der Waals surface area (Å²) in [6.07, 6.45) is 5.57. The lowest BCUT2D eigenvalue weighted by Gasteiger charge is -2.49. The molecule has 1 saturated heterocycles. The molecule has 0 bridgehead atoms. The molecule has 7 nitrogen and oxygen atoms in total. The summed E-state index contributed by atoms with van der Waals surface area (Å²) >= 11 is 0. The molecule has 0 saturated carbocycles. The third-order valence-corrected chi connectivity index (χ3v) is 5.67. The molecule has 1 aliphatic heterocycles. The average molecular weight is 414 g/mol. The predicted molar refractivity (Wildman–Crippen MR) is 118 cm³/mol. The Morgan fingerprint density at radius 3 is 2.40 bits per heavy atom. The summed E-state index contributed by atoms with van der Waals surface area (Å²) in [6.45, 7) is 11.7. The summed E-state index contributed by atoms with van der Waals surface area (Å²) in [5, 5.41) is 12.1. The van der Waals surface area contributed by atoms with E-state index in [1.165, 1.54) is 0 Å². The van der Waals surface area contributed by atoms with Gasteiger partial charge in [0.2, 0.25) is 0 Å². The Hall–Kier alpha value is -2.41. The van der Waals surface area contributed by atoms with Crippen LogP contribution in [0.1, 0.15) is 70.8 Å². The number of benzene rings is 1. The van der Waals surface area contributed by atoms with E-state index >= 15 is 0 Å². The van der Waals surface area contributed by atoms with Gasteiger partial charge < -0.3 is 15.0 Å². The Balaban J connectivity index is 1.84. The standard InChI is InChI=1S/C23H35N5O2/c1-7-8-13-27(18-14-22(2,3)25-23(4,5)15-18)21(29)20-16-28(26-24-20)17-9-11-19(30-6)12-10-17/h9-12,16,18,25H,7-8,13-15H2,1-6H3. The van der Waals surface area contributed by atoms with E-state index in [0.717, 1.165) is 43.7 Å². The van der Waals surface area contributed by atoms with E-state index < -0.39 is 0 Å². The quantitative estimate of drug-likeness (QED) is 0.747. The molecule has 0 atom stereocenters. The first-order valence-electron chi connectivity index (χ1n) is 10.8. The second-order valence-corrected chi connectivity index (χ2v) is 9.55. The number of ether oxygens (including phenoxy) is 1. The number of nitrogens with zero attached hydrogens (tertiary/aromatic N) is 4. The van der Waals surface area contributed by atoms with E-state index in [-0.39, 0.29) is 23.0 Å². The zero-order valence-corrected chi connectivity index (χ0v) is 19.1. The van der Waals surface area contributed by atoms with E-state index in [2.05, 4.69) is 50.2 Å². The Labute approximate surface area is 179 Å². The number of carbonyl (C=O) groups excluding carboxylic acids is 1. The fourth-order valence-corrected chi connectivity index (χ4v) is 4.64. The van der Waals surface area contributed by atoms with Crippen LogP contribution in [0.5, 0.6) is 5.75 Å². The molecule has 1 aliphatic rings. The largest absolute Gasteiger partial charge is 0.497 e. The molecule has 3 rings (SSSR count). The van der Waals surface area contributed by atoms with Crippen LogP contribution in [0.2, 0.25) is 0 Å². The fourth-order valence-electron chi connectivity index (χ4n) is 4.64. The van der Waals surface area contributed by atoms with Gasteiger partial charge in [0, 0.05) is 23.7 Å². The maximum atomic E-state index is 13.5. The minimum Gasteiger partial charge on any atom is -0.497 e. The van der Waals surface area contributed by atoms with Crippen molar-refractivity contribution in [2.24, 2.45) is 0 Å². The van der Waals surface area contributed by atoms with Gasteiger partial charge in [0.05, 0.1) is 19.0 Å². The van der Waals surface area contributed by atoms with Crippen molar-refractivity contribution in [1.29, 1.82) is 0 Å². The molecule has 0 spiro atoms. The summed E-state index contributed by atoms with van der Waals surface area (Å²) < 4.78 is 6.85. The van der Waals surface area contributed by atoms with Crippen LogP contribution in [0.15, 0.2) is 30.5 Å². The minimum atomic E-state index is -0.0401. The van der Waals surface area contributed by atoms with Crippen LogP contribution in [-0.4, -0.2) is 56.6 Å². The highest BCUT2D eigenvalue weighted by Crippen LogP contribution is 2.32. The van der Waals surface area contributed by atoms with Gasteiger partial charge in [-0.3, -0.25) is 4.79 Å². The second kappa shape index (κ2) is 8.76.